The Morgan fingerprint density at radius 2 is 2.15 bits per heavy atom. The molecule has 4 heteroatoms. The first-order valence-electron chi connectivity index (χ1n) is 7.11. The molecule has 0 radical (unpaired) electrons. The molecule has 1 aliphatic carbocycles. The van der Waals surface area contributed by atoms with Crippen LogP contribution in [0.1, 0.15) is 36.0 Å². The molecule has 3 rings (SSSR count). The van der Waals surface area contributed by atoms with Gasteiger partial charge >= 0.3 is 5.97 Å². The number of fused-ring (bicyclic) bond motifs is 1. The Labute approximate surface area is 117 Å². The van der Waals surface area contributed by atoms with Crippen LogP contribution in [0.4, 0.5) is 5.82 Å². The second-order valence-corrected chi connectivity index (χ2v) is 5.39. The summed E-state index contributed by atoms with van der Waals surface area (Å²) in [6.07, 6.45) is 5.14. The summed E-state index contributed by atoms with van der Waals surface area (Å²) in [6, 6.07) is 8.98. The number of carboxylic acids is 1. The first-order chi connectivity index (χ1) is 9.74. The highest BCUT2D eigenvalue weighted by Crippen LogP contribution is 2.29. The van der Waals surface area contributed by atoms with Crippen LogP contribution < -0.4 is 5.32 Å². The largest absolute Gasteiger partial charge is 0.478 e. The Kier molecular flexibility index (Phi) is 3.54. The van der Waals surface area contributed by atoms with E-state index in [2.05, 4.69) is 10.3 Å². The van der Waals surface area contributed by atoms with Crippen molar-refractivity contribution in [2.45, 2.75) is 25.7 Å². The summed E-state index contributed by atoms with van der Waals surface area (Å²) in [5, 5.41) is 13.3. The smallest absolute Gasteiger partial charge is 0.336 e. The topological polar surface area (TPSA) is 62.2 Å². The van der Waals surface area contributed by atoms with Crippen LogP contribution >= 0.6 is 0 Å². The lowest BCUT2D eigenvalue weighted by atomic mass is 9.83. The van der Waals surface area contributed by atoms with Crippen molar-refractivity contribution >= 4 is 22.7 Å². The van der Waals surface area contributed by atoms with Gasteiger partial charge in [0.25, 0.3) is 0 Å². The fourth-order valence-electron chi connectivity index (χ4n) is 2.63. The number of carbonyl (C=O) groups is 1. The molecule has 0 spiro atoms. The summed E-state index contributed by atoms with van der Waals surface area (Å²) in [4.78, 5) is 15.8. The number of pyridine rings is 1. The summed E-state index contributed by atoms with van der Waals surface area (Å²) < 4.78 is 0. The minimum absolute atomic E-state index is 0.307. The van der Waals surface area contributed by atoms with Gasteiger partial charge < -0.3 is 10.4 Å². The van der Waals surface area contributed by atoms with Gasteiger partial charge in [-0.25, -0.2) is 9.78 Å². The van der Waals surface area contributed by atoms with E-state index < -0.39 is 5.97 Å². The van der Waals surface area contributed by atoms with Crippen LogP contribution in [0, 0.1) is 5.92 Å². The number of hydrogen-bond acceptors (Lipinski definition) is 3. The maximum atomic E-state index is 11.3. The average molecular weight is 270 g/mol. The first-order valence-corrected chi connectivity index (χ1v) is 7.11. The lowest BCUT2D eigenvalue weighted by Gasteiger charge is -2.25. The third-order valence-electron chi connectivity index (χ3n) is 4.03. The molecule has 1 aliphatic rings. The summed E-state index contributed by atoms with van der Waals surface area (Å²) >= 11 is 0. The molecule has 0 bridgehead atoms. The van der Waals surface area contributed by atoms with Crippen LogP contribution in [0.5, 0.6) is 0 Å². The molecule has 2 N–H and O–H groups in total. The van der Waals surface area contributed by atoms with Gasteiger partial charge in [-0.1, -0.05) is 37.5 Å². The van der Waals surface area contributed by atoms with Crippen molar-refractivity contribution in [2.75, 3.05) is 11.9 Å². The molecule has 2 aromatic rings. The van der Waals surface area contributed by atoms with Gasteiger partial charge in [0.15, 0.2) is 0 Å². The van der Waals surface area contributed by atoms with E-state index in [0.29, 0.717) is 16.8 Å². The van der Waals surface area contributed by atoms with Crippen LogP contribution in [-0.2, 0) is 0 Å². The minimum Gasteiger partial charge on any atom is -0.478 e. The van der Waals surface area contributed by atoms with Crippen LogP contribution in [-0.4, -0.2) is 22.6 Å². The van der Waals surface area contributed by atoms with Crippen molar-refractivity contribution in [3.8, 4) is 0 Å². The van der Waals surface area contributed by atoms with Gasteiger partial charge in [0.05, 0.1) is 11.1 Å². The highest BCUT2D eigenvalue weighted by Gasteiger charge is 2.17. The molecule has 0 atom stereocenters. The predicted molar refractivity (Wildman–Crippen MR) is 79.2 cm³/mol. The van der Waals surface area contributed by atoms with Crippen LogP contribution in [0.2, 0.25) is 0 Å². The molecule has 1 aromatic heterocycles. The van der Waals surface area contributed by atoms with E-state index >= 15 is 0 Å². The summed E-state index contributed by atoms with van der Waals surface area (Å²) in [6.45, 7) is 0.856. The second-order valence-electron chi connectivity index (χ2n) is 5.39. The van der Waals surface area contributed by atoms with Gasteiger partial charge in [0.2, 0.25) is 0 Å². The third kappa shape index (κ3) is 2.59. The van der Waals surface area contributed by atoms with E-state index in [4.69, 9.17) is 0 Å². The Hall–Kier alpha value is -2.10. The lowest BCUT2D eigenvalue weighted by molar-refractivity contribution is 0.0699. The van der Waals surface area contributed by atoms with Gasteiger partial charge in [0.1, 0.15) is 5.82 Å². The van der Waals surface area contributed by atoms with Gasteiger partial charge in [0, 0.05) is 11.9 Å². The minimum atomic E-state index is -0.911. The number of aromatic carboxylic acids is 1. The Morgan fingerprint density at radius 1 is 1.35 bits per heavy atom. The average Bonchev–Trinajstić information content (AvgIpc) is 2.40. The molecule has 1 saturated carbocycles. The van der Waals surface area contributed by atoms with Gasteiger partial charge in [-0.05, 0) is 24.5 Å². The first kappa shape index (κ1) is 12.9. The molecule has 1 fully saturated rings. The number of carboxylic acid groups (broad SMARTS) is 1. The number of nitrogens with one attached hydrogen (secondary N) is 1. The molecule has 0 aliphatic heterocycles. The number of benzene rings is 1. The fraction of sp³-hybridized carbons (Fsp3) is 0.375. The Morgan fingerprint density at radius 3 is 2.85 bits per heavy atom. The molecule has 20 heavy (non-hydrogen) atoms. The molecule has 0 saturated heterocycles. The van der Waals surface area contributed by atoms with Crippen molar-refractivity contribution < 1.29 is 9.90 Å². The summed E-state index contributed by atoms with van der Waals surface area (Å²) in [5.41, 5.74) is 1.03. The highest BCUT2D eigenvalue weighted by molar-refractivity contribution is 6.03. The summed E-state index contributed by atoms with van der Waals surface area (Å²) in [5.74, 6) is 0.577. The molecule has 1 aromatic carbocycles. The molecular formula is C16H18N2O2. The molecule has 1 heterocycles. The predicted octanol–water partition coefficient (Wildman–Crippen LogP) is 3.54. The quantitative estimate of drug-likeness (QED) is 0.872. The molecule has 0 unspecified atom stereocenters. The van der Waals surface area contributed by atoms with E-state index in [-0.39, 0.29) is 0 Å². The number of nitrogens with zero attached hydrogens (tertiary/aromatic N) is 1. The standard InChI is InChI=1S/C16H18N2O2/c19-16(20)13-10-15(17-9-8-11-4-3-5-11)18-14-7-2-1-6-12(13)14/h1-2,6-7,10-11H,3-5,8-9H2,(H,17,18)(H,19,20). The van der Waals surface area contributed by atoms with Gasteiger partial charge in [-0.3, -0.25) is 0 Å². The molecule has 4 nitrogen and oxygen atoms in total. The monoisotopic (exact) mass is 270 g/mol. The van der Waals surface area contributed by atoms with E-state index in [1.54, 1.807) is 12.1 Å². The van der Waals surface area contributed by atoms with Gasteiger partial charge in [-0.15, -0.1) is 0 Å². The number of rotatable bonds is 5. The zero-order valence-electron chi connectivity index (χ0n) is 11.3. The van der Waals surface area contributed by atoms with E-state index in [9.17, 15) is 9.90 Å². The van der Waals surface area contributed by atoms with Crippen molar-refractivity contribution in [1.29, 1.82) is 0 Å². The van der Waals surface area contributed by atoms with Crippen molar-refractivity contribution in [1.82, 2.24) is 4.98 Å². The van der Waals surface area contributed by atoms with Crippen molar-refractivity contribution in [3.05, 3.63) is 35.9 Å². The zero-order valence-corrected chi connectivity index (χ0v) is 11.3. The van der Waals surface area contributed by atoms with Crippen LogP contribution in [0.25, 0.3) is 10.9 Å². The second kappa shape index (κ2) is 5.49. The molecular weight excluding hydrogens is 252 g/mol. The van der Waals surface area contributed by atoms with E-state index in [1.165, 1.54) is 19.3 Å². The van der Waals surface area contributed by atoms with Crippen LogP contribution in [0.3, 0.4) is 0 Å². The maximum Gasteiger partial charge on any atom is 0.336 e. The number of anilines is 1. The van der Waals surface area contributed by atoms with E-state index in [1.807, 2.05) is 18.2 Å². The Balaban J connectivity index is 1.81. The normalized spacial score (nSPS) is 15.0. The number of hydrogen-bond donors (Lipinski definition) is 2. The maximum absolute atomic E-state index is 11.3. The zero-order chi connectivity index (χ0) is 13.9. The fourth-order valence-corrected chi connectivity index (χ4v) is 2.63. The third-order valence-corrected chi connectivity index (χ3v) is 4.03. The number of para-hydroxylation sites is 1. The molecule has 0 amide bonds. The number of aromatic nitrogens is 1. The van der Waals surface area contributed by atoms with Crippen LogP contribution in [0.15, 0.2) is 30.3 Å². The molecule has 104 valence electrons. The Bertz CT molecular complexity index is 635. The highest BCUT2D eigenvalue weighted by atomic mass is 16.4. The SMILES string of the molecule is O=C(O)c1cc(NCCC2CCC2)nc2ccccc12. The summed E-state index contributed by atoms with van der Waals surface area (Å²) in [7, 11) is 0. The van der Waals surface area contributed by atoms with Crippen molar-refractivity contribution in [3.63, 3.8) is 0 Å². The van der Waals surface area contributed by atoms with Crippen molar-refractivity contribution in [2.24, 2.45) is 5.92 Å². The lowest BCUT2D eigenvalue weighted by Crippen LogP contribution is -2.16. The van der Waals surface area contributed by atoms with E-state index in [0.717, 1.165) is 24.4 Å². The van der Waals surface area contributed by atoms with Gasteiger partial charge in [-0.2, -0.15) is 0 Å².